The first-order valence-corrected chi connectivity index (χ1v) is 12.5. The molecule has 7 heteroatoms. The van der Waals surface area contributed by atoms with Crippen molar-refractivity contribution in [2.24, 2.45) is 0 Å². The molecule has 0 aliphatic carbocycles. The summed E-state index contributed by atoms with van der Waals surface area (Å²) >= 11 is 0. The summed E-state index contributed by atoms with van der Waals surface area (Å²) in [5.41, 5.74) is 2.53. The Morgan fingerprint density at radius 3 is 2.52 bits per heavy atom. The second-order valence-corrected chi connectivity index (χ2v) is 10.0. The number of nitrogens with zero attached hydrogens (tertiary/aromatic N) is 1. The average Bonchev–Trinajstić information content (AvgIpc) is 2.83. The number of Topliss-reactive ketones (excluding diaryl/α,β-unsaturated/α-hetero) is 1. The van der Waals surface area contributed by atoms with Gasteiger partial charge in [-0.15, -0.1) is 0 Å². The Kier molecular flexibility index (Phi) is 6.60. The van der Waals surface area contributed by atoms with Gasteiger partial charge in [-0.2, -0.15) is 0 Å². The number of hydrogen-bond acceptors (Lipinski definition) is 5. The molecular weight excluding hydrogens is 438 g/mol. The van der Waals surface area contributed by atoms with E-state index in [1.165, 1.54) is 0 Å². The van der Waals surface area contributed by atoms with Crippen molar-refractivity contribution in [1.29, 1.82) is 0 Å². The van der Waals surface area contributed by atoms with E-state index in [9.17, 15) is 18.0 Å². The third-order valence-electron chi connectivity index (χ3n) is 5.54. The first-order valence-electron chi connectivity index (χ1n) is 10.9. The Morgan fingerprint density at radius 2 is 1.76 bits per heavy atom. The number of benzene rings is 3. The van der Waals surface area contributed by atoms with E-state index in [1.807, 2.05) is 19.1 Å². The molecule has 0 bridgehead atoms. The van der Waals surface area contributed by atoms with Crippen LogP contribution in [0.2, 0.25) is 0 Å². The van der Waals surface area contributed by atoms with Crippen LogP contribution in [0.3, 0.4) is 0 Å². The number of sulfone groups is 1. The maximum Gasteiger partial charge on any atom is 0.258 e. The van der Waals surface area contributed by atoms with Crippen LogP contribution in [-0.2, 0) is 16.4 Å². The number of carbonyl (C=O) groups excluding carboxylic acids is 2. The van der Waals surface area contributed by atoms with Gasteiger partial charge in [0.25, 0.3) is 5.91 Å². The average molecular weight is 464 g/mol. The Labute approximate surface area is 193 Å². The van der Waals surface area contributed by atoms with Gasteiger partial charge in [0, 0.05) is 24.1 Å². The summed E-state index contributed by atoms with van der Waals surface area (Å²) < 4.78 is 30.1. The number of amides is 1. The van der Waals surface area contributed by atoms with E-state index in [-0.39, 0.29) is 28.9 Å². The van der Waals surface area contributed by atoms with Crippen molar-refractivity contribution in [2.75, 3.05) is 17.2 Å². The molecule has 0 spiro atoms. The Hall–Kier alpha value is -3.45. The number of carbonyl (C=O) groups is 2. The molecule has 33 heavy (non-hydrogen) atoms. The topological polar surface area (TPSA) is 80.8 Å². The number of para-hydroxylation sites is 1. The molecule has 0 fully saturated rings. The van der Waals surface area contributed by atoms with Gasteiger partial charge in [0.15, 0.2) is 15.6 Å². The minimum Gasteiger partial charge on any atom is -0.489 e. The van der Waals surface area contributed by atoms with Crippen molar-refractivity contribution < 1.29 is 22.7 Å². The van der Waals surface area contributed by atoms with Crippen LogP contribution < -0.4 is 9.64 Å². The van der Waals surface area contributed by atoms with E-state index in [0.717, 1.165) is 5.56 Å². The zero-order chi connectivity index (χ0) is 23.4. The van der Waals surface area contributed by atoms with E-state index >= 15 is 0 Å². The summed E-state index contributed by atoms with van der Waals surface area (Å²) in [6, 6.07) is 20.7. The van der Waals surface area contributed by atoms with Gasteiger partial charge in [-0.3, -0.25) is 9.59 Å². The number of rotatable bonds is 7. The molecule has 0 saturated carbocycles. The fourth-order valence-corrected chi connectivity index (χ4v) is 5.19. The van der Waals surface area contributed by atoms with Crippen molar-refractivity contribution in [3.05, 3.63) is 89.5 Å². The van der Waals surface area contributed by atoms with Crippen LogP contribution in [0.1, 0.15) is 46.0 Å². The molecule has 3 aromatic carbocycles. The second kappa shape index (κ2) is 9.58. The van der Waals surface area contributed by atoms with Gasteiger partial charge in [-0.05, 0) is 60.5 Å². The van der Waals surface area contributed by atoms with Crippen molar-refractivity contribution in [2.45, 2.75) is 31.3 Å². The number of fused-ring (bicyclic) bond motifs is 1. The lowest BCUT2D eigenvalue weighted by molar-refractivity contribution is 0.0955. The van der Waals surface area contributed by atoms with E-state index < -0.39 is 9.84 Å². The monoisotopic (exact) mass is 463 g/mol. The minimum atomic E-state index is -3.26. The number of ether oxygens (including phenoxy) is 1. The summed E-state index contributed by atoms with van der Waals surface area (Å²) in [7, 11) is -3.26. The van der Waals surface area contributed by atoms with Crippen LogP contribution in [-0.4, -0.2) is 32.4 Å². The molecule has 6 nitrogen and oxygen atoms in total. The maximum atomic E-state index is 13.2. The van der Waals surface area contributed by atoms with E-state index in [1.54, 1.807) is 65.6 Å². The molecule has 1 aliphatic heterocycles. The Balaban J connectivity index is 1.46. The first-order chi connectivity index (χ1) is 15.9. The summed E-state index contributed by atoms with van der Waals surface area (Å²) in [6.45, 7) is 2.41. The highest BCUT2D eigenvalue weighted by Gasteiger charge is 2.27. The summed E-state index contributed by atoms with van der Waals surface area (Å²) in [5.74, 6) is 0.544. The minimum absolute atomic E-state index is 0.0466. The molecular formula is C26H25NO5S. The van der Waals surface area contributed by atoms with Gasteiger partial charge in [-0.1, -0.05) is 31.2 Å². The molecule has 0 unspecified atom stereocenters. The van der Waals surface area contributed by atoms with Gasteiger partial charge < -0.3 is 9.64 Å². The fraction of sp³-hybridized carbons (Fsp3) is 0.231. The summed E-state index contributed by atoms with van der Waals surface area (Å²) in [5, 5.41) is 0. The van der Waals surface area contributed by atoms with Crippen molar-refractivity contribution >= 4 is 27.2 Å². The molecule has 170 valence electrons. The highest BCUT2D eigenvalue weighted by Crippen LogP contribution is 2.28. The molecule has 4 rings (SSSR count). The quantitative estimate of drug-likeness (QED) is 0.508. The predicted octanol–water partition coefficient (Wildman–Crippen LogP) is 4.68. The van der Waals surface area contributed by atoms with E-state index in [4.69, 9.17) is 4.74 Å². The van der Waals surface area contributed by atoms with E-state index in [0.29, 0.717) is 42.0 Å². The van der Waals surface area contributed by atoms with Gasteiger partial charge in [0.05, 0.1) is 16.3 Å². The molecule has 1 amide bonds. The zero-order valence-electron chi connectivity index (χ0n) is 18.4. The van der Waals surface area contributed by atoms with Crippen LogP contribution in [0, 0.1) is 0 Å². The maximum absolute atomic E-state index is 13.2. The van der Waals surface area contributed by atoms with Gasteiger partial charge in [0.2, 0.25) is 0 Å². The van der Waals surface area contributed by atoms with Crippen LogP contribution in [0.25, 0.3) is 0 Å². The molecule has 1 heterocycles. The smallest absolute Gasteiger partial charge is 0.258 e. The largest absolute Gasteiger partial charge is 0.489 e. The van der Waals surface area contributed by atoms with Crippen molar-refractivity contribution in [1.82, 2.24) is 0 Å². The molecule has 0 saturated heterocycles. The van der Waals surface area contributed by atoms with Crippen LogP contribution >= 0.6 is 0 Å². The molecule has 0 aromatic heterocycles. The standard InChI is InChI=1S/C26H25NO5S/c1-2-16-33(30,31)22-12-10-21(11-13-22)32-18-19-6-5-7-20(17-19)26(29)27-15-14-25(28)23-8-3-4-9-24(23)27/h3-13,17H,2,14-16,18H2,1H3. The predicted molar refractivity (Wildman–Crippen MR) is 127 cm³/mol. The lowest BCUT2D eigenvalue weighted by atomic mass is 9.99. The molecule has 0 atom stereocenters. The van der Waals surface area contributed by atoms with E-state index in [2.05, 4.69) is 0 Å². The summed E-state index contributed by atoms with van der Waals surface area (Å²) in [6.07, 6.45) is 0.866. The molecule has 0 radical (unpaired) electrons. The van der Waals surface area contributed by atoms with Crippen LogP contribution in [0.5, 0.6) is 5.75 Å². The third-order valence-corrected chi connectivity index (χ3v) is 7.47. The third kappa shape index (κ3) is 4.98. The Bertz CT molecular complexity index is 1280. The van der Waals surface area contributed by atoms with Crippen molar-refractivity contribution in [3.8, 4) is 5.75 Å². The molecule has 3 aromatic rings. The second-order valence-electron chi connectivity index (χ2n) is 7.93. The SMILES string of the molecule is CCCS(=O)(=O)c1ccc(OCc2cccc(C(=O)N3CCC(=O)c4ccccc43)c2)cc1. The zero-order valence-corrected chi connectivity index (χ0v) is 19.2. The van der Waals surface area contributed by atoms with Crippen LogP contribution in [0.4, 0.5) is 5.69 Å². The van der Waals surface area contributed by atoms with Gasteiger partial charge >= 0.3 is 0 Å². The Morgan fingerprint density at radius 1 is 1.00 bits per heavy atom. The molecule has 0 N–H and O–H groups in total. The number of anilines is 1. The lowest BCUT2D eigenvalue weighted by Gasteiger charge is -2.28. The number of ketones is 1. The fourth-order valence-electron chi connectivity index (χ4n) is 3.87. The van der Waals surface area contributed by atoms with Crippen LogP contribution in [0.15, 0.2) is 77.7 Å². The summed E-state index contributed by atoms with van der Waals surface area (Å²) in [4.78, 5) is 27.3. The number of hydrogen-bond donors (Lipinski definition) is 0. The highest BCUT2D eigenvalue weighted by molar-refractivity contribution is 7.91. The lowest BCUT2D eigenvalue weighted by Crippen LogP contribution is -2.37. The normalized spacial score (nSPS) is 13.5. The van der Waals surface area contributed by atoms with Gasteiger partial charge in [0.1, 0.15) is 12.4 Å². The molecule has 1 aliphatic rings. The highest BCUT2D eigenvalue weighted by atomic mass is 32.2. The first kappa shape index (κ1) is 22.7. The van der Waals surface area contributed by atoms with Gasteiger partial charge in [-0.25, -0.2) is 8.42 Å². The van der Waals surface area contributed by atoms with Crippen molar-refractivity contribution in [3.63, 3.8) is 0 Å².